The van der Waals surface area contributed by atoms with Gasteiger partial charge in [-0.25, -0.2) is 0 Å². The highest BCUT2D eigenvalue weighted by Gasteiger charge is 2.34. The summed E-state index contributed by atoms with van der Waals surface area (Å²) >= 11 is 6.99. The van der Waals surface area contributed by atoms with Crippen molar-refractivity contribution in [1.82, 2.24) is 4.90 Å². The molecule has 0 radical (unpaired) electrons. The van der Waals surface area contributed by atoms with Crippen molar-refractivity contribution in [3.05, 3.63) is 35.4 Å². The molecule has 132 valence electrons. The van der Waals surface area contributed by atoms with E-state index in [9.17, 15) is 9.59 Å². The van der Waals surface area contributed by atoms with Crippen LogP contribution in [-0.4, -0.2) is 42.2 Å². The number of carbonyl (C=O) groups is 2. The quantitative estimate of drug-likeness (QED) is 0.342. The Bertz CT molecular complexity index is 608. The summed E-state index contributed by atoms with van der Waals surface area (Å²) in [6, 6.07) is 6.95. The molecule has 0 bridgehead atoms. The molecular formula is C16H22NO4PS2. The average molecular weight is 387 g/mol. The second-order valence-corrected chi connectivity index (χ2v) is 11.6. The van der Waals surface area contributed by atoms with Crippen molar-refractivity contribution in [3.8, 4) is 0 Å². The number of carbonyl (C=O) groups excluding carboxylic acids is 2. The topological polar surface area (TPSA) is 55.8 Å². The first-order valence-electron chi connectivity index (χ1n) is 8.01. The predicted molar refractivity (Wildman–Crippen MR) is 101 cm³/mol. The summed E-state index contributed by atoms with van der Waals surface area (Å²) in [5, 5.41) is 0. The number of fused-ring (bicyclic) bond motifs is 1. The molecule has 0 fully saturated rings. The molecule has 0 saturated carbocycles. The van der Waals surface area contributed by atoms with E-state index in [1.165, 1.54) is 16.3 Å². The maximum Gasteiger partial charge on any atom is 0.261 e. The molecule has 2 amide bonds. The van der Waals surface area contributed by atoms with Gasteiger partial charge in [-0.3, -0.25) is 14.5 Å². The van der Waals surface area contributed by atoms with Gasteiger partial charge >= 0.3 is 0 Å². The standard InChI is InChI=1S/C16H22NO4PS2/c1-3-20-22(23,21-4-2)24-12-8-7-11-17-15(18)13-9-5-6-10-14(13)16(17)19/h5-6,9-10H,3-4,7-8,11-12H2,1-2H3. The second-order valence-electron chi connectivity index (χ2n) is 5.13. The van der Waals surface area contributed by atoms with Gasteiger partial charge in [-0.1, -0.05) is 23.5 Å². The first kappa shape index (κ1) is 19.6. The Kier molecular flexibility index (Phi) is 7.44. The molecule has 2 rings (SSSR count). The van der Waals surface area contributed by atoms with Crippen LogP contribution in [0.25, 0.3) is 0 Å². The van der Waals surface area contributed by atoms with E-state index in [0.29, 0.717) is 30.9 Å². The van der Waals surface area contributed by atoms with Crippen LogP contribution >= 0.6 is 17.1 Å². The normalized spacial score (nSPS) is 14.3. The molecule has 1 aromatic carbocycles. The van der Waals surface area contributed by atoms with E-state index in [2.05, 4.69) is 0 Å². The molecule has 1 aliphatic rings. The van der Waals surface area contributed by atoms with Crippen LogP contribution in [0.2, 0.25) is 0 Å². The van der Waals surface area contributed by atoms with Gasteiger partial charge in [0.2, 0.25) is 5.69 Å². The van der Waals surface area contributed by atoms with Crippen LogP contribution in [0, 0.1) is 0 Å². The van der Waals surface area contributed by atoms with Crippen molar-refractivity contribution in [2.24, 2.45) is 0 Å². The van der Waals surface area contributed by atoms with E-state index < -0.39 is 5.69 Å². The number of benzene rings is 1. The minimum atomic E-state index is -2.25. The first-order valence-corrected chi connectivity index (χ1v) is 12.2. The number of nitrogens with zero attached hydrogens (tertiary/aromatic N) is 1. The minimum absolute atomic E-state index is 0.197. The second kappa shape index (κ2) is 9.11. The molecular weight excluding hydrogens is 365 g/mol. The molecule has 0 aromatic heterocycles. The van der Waals surface area contributed by atoms with E-state index in [-0.39, 0.29) is 11.8 Å². The third-order valence-electron chi connectivity index (χ3n) is 3.48. The fourth-order valence-electron chi connectivity index (χ4n) is 2.42. The van der Waals surface area contributed by atoms with Gasteiger partial charge in [-0.05, 0) is 50.6 Å². The van der Waals surface area contributed by atoms with Gasteiger partial charge in [0.15, 0.2) is 0 Å². The molecule has 1 aromatic rings. The van der Waals surface area contributed by atoms with Gasteiger partial charge in [0.25, 0.3) is 11.8 Å². The van der Waals surface area contributed by atoms with Crippen LogP contribution < -0.4 is 0 Å². The number of hydrogen-bond acceptors (Lipinski definition) is 6. The predicted octanol–water partition coefficient (Wildman–Crippen LogP) is 4.09. The Labute approximate surface area is 152 Å². The number of amides is 2. The number of imide groups is 1. The third kappa shape index (κ3) is 4.67. The monoisotopic (exact) mass is 387 g/mol. The lowest BCUT2D eigenvalue weighted by molar-refractivity contribution is 0.0652. The summed E-state index contributed by atoms with van der Waals surface area (Å²) in [6.07, 6.45) is 1.59. The van der Waals surface area contributed by atoms with Crippen molar-refractivity contribution in [1.29, 1.82) is 0 Å². The fourth-order valence-corrected chi connectivity index (χ4v) is 7.27. The van der Waals surface area contributed by atoms with E-state index in [1.54, 1.807) is 24.3 Å². The number of hydrogen-bond donors (Lipinski definition) is 0. The van der Waals surface area contributed by atoms with Crippen LogP contribution in [0.15, 0.2) is 24.3 Å². The smallest absolute Gasteiger partial charge is 0.261 e. The Balaban J connectivity index is 1.78. The molecule has 0 atom stereocenters. The van der Waals surface area contributed by atoms with Gasteiger partial charge in [0, 0.05) is 12.3 Å². The van der Waals surface area contributed by atoms with Crippen molar-refractivity contribution in [3.63, 3.8) is 0 Å². The van der Waals surface area contributed by atoms with Crippen LogP contribution in [-0.2, 0) is 20.9 Å². The minimum Gasteiger partial charge on any atom is -0.322 e. The van der Waals surface area contributed by atoms with Crippen LogP contribution in [0.4, 0.5) is 0 Å². The fraction of sp³-hybridized carbons (Fsp3) is 0.500. The average Bonchev–Trinajstić information content (AvgIpc) is 2.80. The third-order valence-corrected chi connectivity index (χ3v) is 9.12. The summed E-state index contributed by atoms with van der Waals surface area (Å²) in [5.74, 6) is 0.398. The summed E-state index contributed by atoms with van der Waals surface area (Å²) in [5.41, 5.74) is -1.25. The highest BCUT2D eigenvalue weighted by molar-refractivity contribution is 8.67. The maximum absolute atomic E-state index is 12.2. The van der Waals surface area contributed by atoms with Gasteiger partial charge in [-0.15, -0.1) is 0 Å². The van der Waals surface area contributed by atoms with E-state index >= 15 is 0 Å². The van der Waals surface area contributed by atoms with Gasteiger partial charge < -0.3 is 9.05 Å². The highest BCUT2D eigenvalue weighted by atomic mass is 32.9. The zero-order valence-corrected chi connectivity index (χ0v) is 16.4. The summed E-state index contributed by atoms with van der Waals surface area (Å²) in [7, 11) is 0. The zero-order chi connectivity index (χ0) is 17.6. The maximum atomic E-state index is 12.2. The van der Waals surface area contributed by atoms with Gasteiger partial charge in [-0.2, -0.15) is 0 Å². The zero-order valence-electron chi connectivity index (χ0n) is 13.9. The van der Waals surface area contributed by atoms with Gasteiger partial charge in [0.1, 0.15) is 0 Å². The Hall–Kier alpha value is -0.720. The molecule has 1 heterocycles. The lowest BCUT2D eigenvalue weighted by Crippen LogP contribution is -2.30. The summed E-state index contributed by atoms with van der Waals surface area (Å²) in [6.45, 7) is 5.32. The van der Waals surface area contributed by atoms with Crippen molar-refractivity contribution < 1.29 is 18.6 Å². The van der Waals surface area contributed by atoms with E-state index in [0.717, 1.165) is 18.6 Å². The first-order chi connectivity index (χ1) is 11.5. The molecule has 0 spiro atoms. The molecule has 0 unspecified atom stereocenters. The summed E-state index contributed by atoms with van der Waals surface area (Å²) in [4.78, 5) is 25.8. The lowest BCUT2D eigenvalue weighted by Gasteiger charge is -2.20. The molecule has 8 heteroatoms. The molecule has 5 nitrogen and oxygen atoms in total. The Morgan fingerprint density at radius 2 is 1.58 bits per heavy atom. The number of unbranched alkanes of at least 4 members (excludes halogenated alkanes) is 1. The highest BCUT2D eigenvalue weighted by Crippen LogP contribution is 2.61. The Morgan fingerprint density at radius 3 is 2.08 bits per heavy atom. The van der Waals surface area contributed by atoms with E-state index in [4.69, 9.17) is 20.9 Å². The van der Waals surface area contributed by atoms with Crippen LogP contribution in [0.3, 0.4) is 0 Å². The van der Waals surface area contributed by atoms with Crippen molar-refractivity contribution in [2.45, 2.75) is 26.7 Å². The lowest BCUT2D eigenvalue weighted by atomic mass is 10.1. The Morgan fingerprint density at radius 1 is 1.04 bits per heavy atom. The van der Waals surface area contributed by atoms with Crippen LogP contribution in [0.5, 0.6) is 0 Å². The number of rotatable bonds is 10. The summed E-state index contributed by atoms with van der Waals surface area (Å²) < 4.78 is 11.1. The molecule has 0 N–H and O–H groups in total. The molecule has 0 aliphatic carbocycles. The van der Waals surface area contributed by atoms with Crippen molar-refractivity contribution >= 4 is 40.7 Å². The van der Waals surface area contributed by atoms with Gasteiger partial charge in [0.05, 0.1) is 24.3 Å². The largest absolute Gasteiger partial charge is 0.322 e. The molecule has 1 aliphatic heterocycles. The SMILES string of the molecule is CCOP(=S)(OCC)SCCCCN1C(=O)c2ccccc2C1=O. The van der Waals surface area contributed by atoms with Crippen LogP contribution in [0.1, 0.15) is 47.4 Å². The van der Waals surface area contributed by atoms with E-state index in [1.807, 2.05) is 13.8 Å². The van der Waals surface area contributed by atoms with Crippen molar-refractivity contribution in [2.75, 3.05) is 25.5 Å². The molecule has 24 heavy (non-hydrogen) atoms. The molecule has 0 saturated heterocycles.